The maximum Gasteiger partial charge on any atom is 0.363 e. The summed E-state index contributed by atoms with van der Waals surface area (Å²) >= 11 is 0. The first kappa shape index (κ1) is 33.9. The number of amides is 1. The Morgan fingerprint density at radius 3 is 2.43 bits per heavy atom. The minimum Gasteiger partial charge on any atom is -0.494 e. The lowest BCUT2D eigenvalue weighted by atomic mass is 9.92. The Morgan fingerprint density at radius 1 is 1.00 bits per heavy atom. The molecule has 0 radical (unpaired) electrons. The van der Waals surface area contributed by atoms with Crippen LogP contribution in [0.3, 0.4) is 0 Å². The highest BCUT2D eigenvalue weighted by molar-refractivity contribution is 7.64. The molecule has 0 spiro atoms. The Balaban J connectivity index is 1.05. The molecule has 0 heterocycles. The molecule has 0 aromatic heterocycles. The first-order valence-corrected chi connectivity index (χ1v) is 17.3. The van der Waals surface area contributed by atoms with E-state index in [0.717, 1.165) is 16.5 Å². The lowest BCUT2D eigenvalue weighted by Gasteiger charge is -2.28. The molecule has 0 aliphatic rings. The number of hydrogen-bond donors (Lipinski definition) is 5. The van der Waals surface area contributed by atoms with Gasteiger partial charge in [0.25, 0.3) is 5.91 Å². The van der Waals surface area contributed by atoms with Crippen LogP contribution in [0.5, 0.6) is 5.75 Å². The van der Waals surface area contributed by atoms with Crippen molar-refractivity contribution in [2.75, 3.05) is 33.4 Å². The smallest absolute Gasteiger partial charge is 0.363 e. The van der Waals surface area contributed by atoms with E-state index in [1.807, 2.05) is 18.2 Å². The largest absolute Gasteiger partial charge is 0.494 e. The Kier molecular flexibility index (Phi) is 11.0. The van der Waals surface area contributed by atoms with Crippen LogP contribution in [0.15, 0.2) is 84.0 Å². The monoisotopic (exact) mass is 665 g/mol. The van der Waals surface area contributed by atoms with Crippen LogP contribution in [0.2, 0.25) is 0 Å². The average Bonchev–Trinajstić information content (AvgIpc) is 3.04. The first-order valence-electron chi connectivity index (χ1n) is 14.7. The summed E-state index contributed by atoms with van der Waals surface area (Å²) in [7, 11) is -4.37. The van der Waals surface area contributed by atoms with Crippen molar-refractivity contribution in [1.29, 1.82) is 0 Å². The van der Waals surface area contributed by atoms with Crippen LogP contribution in [-0.4, -0.2) is 75.2 Å². The molecule has 0 fully saturated rings. The topological polar surface area (TPSA) is 161 Å². The summed E-state index contributed by atoms with van der Waals surface area (Å²) in [5.74, 6) is 0.246. The van der Waals surface area contributed by atoms with Gasteiger partial charge < -0.3 is 34.2 Å². The van der Waals surface area contributed by atoms with E-state index in [4.69, 9.17) is 9.47 Å². The van der Waals surface area contributed by atoms with Gasteiger partial charge in [0.05, 0.1) is 28.2 Å². The fourth-order valence-corrected chi connectivity index (χ4v) is 6.46. The van der Waals surface area contributed by atoms with Gasteiger partial charge in [-0.15, -0.1) is 0 Å². The summed E-state index contributed by atoms with van der Waals surface area (Å²) in [6, 6.07) is 26.2. The van der Waals surface area contributed by atoms with Gasteiger partial charge in [0.15, 0.2) is 0 Å². The number of aliphatic hydroxyl groups is 1. The van der Waals surface area contributed by atoms with Crippen molar-refractivity contribution in [3.63, 3.8) is 0 Å². The van der Waals surface area contributed by atoms with Crippen molar-refractivity contribution in [3.8, 4) is 5.75 Å². The van der Waals surface area contributed by atoms with Crippen LogP contribution in [-0.2, 0) is 20.7 Å². The summed E-state index contributed by atoms with van der Waals surface area (Å²) in [6.07, 6.45) is 1.88. The summed E-state index contributed by atoms with van der Waals surface area (Å²) in [5, 5.41) is 18.7. The van der Waals surface area contributed by atoms with E-state index >= 15 is 0 Å². The number of benzene rings is 5. The summed E-state index contributed by atoms with van der Waals surface area (Å²) < 4.78 is 23.0. The molecule has 2 unspecified atom stereocenters. The zero-order valence-corrected chi connectivity index (χ0v) is 27.2. The van der Waals surface area contributed by atoms with Crippen molar-refractivity contribution in [2.24, 2.45) is 5.10 Å². The zero-order chi connectivity index (χ0) is 32.7. The summed E-state index contributed by atoms with van der Waals surface area (Å²) in [6.45, 7) is 1.28. The number of carbonyl (C=O) groups excluding carboxylic acids is 1. The molecule has 0 saturated carbocycles. The molecule has 2 atom stereocenters. The molecule has 46 heavy (non-hydrogen) atoms. The molecular formula is C33H37N3O8P2. The van der Waals surface area contributed by atoms with Gasteiger partial charge in [-0.3, -0.25) is 9.36 Å². The highest BCUT2D eigenvalue weighted by Crippen LogP contribution is 2.58. The van der Waals surface area contributed by atoms with Crippen molar-refractivity contribution in [2.45, 2.75) is 24.5 Å². The number of nitrogens with one attached hydrogen (secondary N) is 1. The molecule has 1 amide bonds. The Morgan fingerprint density at radius 2 is 1.70 bits per heavy atom. The van der Waals surface area contributed by atoms with E-state index in [9.17, 15) is 29.1 Å². The number of carbonyl (C=O) groups is 1. The highest BCUT2D eigenvalue weighted by Gasteiger charge is 2.45. The molecular weight excluding hydrogens is 628 g/mol. The van der Waals surface area contributed by atoms with E-state index in [1.165, 1.54) is 33.1 Å². The molecule has 5 aromatic rings. The van der Waals surface area contributed by atoms with Crippen molar-refractivity contribution in [3.05, 3.63) is 90.0 Å². The first-order chi connectivity index (χ1) is 22.1. The molecule has 5 rings (SSSR count). The molecule has 5 aromatic carbocycles. The third-order valence-corrected chi connectivity index (χ3v) is 10.8. The average molecular weight is 666 g/mol. The predicted octanol–water partition coefficient (Wildman–Crippen LogP) is 4.75. The van der Waals surface area contributed by atoms with E-state index in [0.29, 0.717) is 31.9 Å². The predicted molar refractivity (Wildman–Crippen MR) is 182 cm³/mol. The van der Waals surface area contributed by atoms with Crippen LogP contribution in [0.1, 0.15) is 24.0 Å². The van der Waals surface area contributed by atoms with Crippen LogP contribution >= 0.6 is 16.4 Å². The SMILES string of the molecule is CN(CCCOc1cccc(/C=N/NC(=O)COCc2ccc3ccc4cccc5ccc2c3c45)c1)CCC(O)(PO)P(=O)(O)O. The number of hydrogen-bond acceptors (Lipinski definition) is 8. The minimum atomic E-state index is -4.84. The molecule has 242 valence electrons. The number of hydrazone groups is 1. The maximum absolute atomic E-state index is 12.4. The Labute approximate surface area is 268 Å². The van der Waals surface area contributed by atoms with E-state index < -0.39 is 21.5 Å². The standard InChI is InChI=1S/C33H37N3O8P2/c1-36(17-15-33(38,45-39)46(40,41)42)16-4-18-44-28-8-2-5-23(19-28)20-34-35-30(37)22-43-21-27-12-11-26-10-9-24-6-3-7-25-13-14-29(27)32(26)31(24)25/h2-3,5-14,19-20,38-39,45H,4,15-18,21-22H2,1H3,(H,35,37)(H2,40,41,42)/b34-20+. The molecule has 13 heteroatoms. The zero-order valence-electron chi connectivity index (χ0n) is 25.3. The third kappa shape index (κ3) is 8.07. The lowest BCUT2D eigenvalue weighted by molar-refractivity contribution is -0.126. The quantitative estimate of drug-likeness (QED) is 0.0329. The van der Waals surface area contributed by atoms with Gasteiger partial charge in [-0.2, -0.15) is 5.10 Å². The third-order valence-electron chi connectivity index (χ3n) is 7.83. The van der Waals surface area contributed by atoms with E-state index in [1.54, 1.807) is 24.1 Å². The summed E-state index contributed by atoms with van der Waals surface area (Å²) in [4.78, 5) is 41.9. The van der Waals surface area contributed by atoms with Crippen molar-refractivity contribution >= 4 is 60.8 Å². The number of nitrogens with zero attached hydrogens (tertiary/aromatic N) is 2. The molecule has 0 aliphatic carbocycles. The Bertz CT molecular complexity index is 1870. The second-order valence-corrected chi connectivity index (χ2v) is 14.5. The van der Waals surface area contributed by atoms with Crippen molar-refractivity contribution in [1.82, 2.24) is 10.3 Å². The van der Waals surface area contributed by atoms with E-state index in [-0.39, 0.29) is 25.5 Å². The normalized spacial score (nSPS) is 14.0. The van der Waals surface area contributed by atoms with Crippen LogP contribution in [0.4, 0.5) is 0 Å². The van der Waals surface area contributed by atoms with Gasteiger partial charge in [-0.05, 0) is 69.0 Å². The number of rotatable bonds is 16. The minimum absolute atomic E-state index is 0.143. The molecule has 0 bridgehead atoms. The van der Waals surface area contributed by atoms with Crippen LogP contribution in [0, 0.1) is 0 Å². The molecule has 5 N–H and O–H groups in total. The van der Waals surface area contributed by atoms with Crippen molar-refractivity contribution < 1.29 is 38.6 Å². The van der Waals surface area contributed by atoms with Gasteiger partial charge in [-0.1, -0.05) is 66.7 Å². The second-order valence-electron chi connectivity index (χ2n) is 11.2. The fourth-order valence-electron chi connectivity index (χ4n) is 5.32. The maximum atomic E-state index is 12.4. The number of ether oxygens (including phenoxy) is 2. The lowest BCUT2D eigenvalue weighted by Crippen LogP contribution is -2.31. The summed E-state index contributed by atoms with van der Waals surface area (Å²) in [5.41, 5.74) is 4.23. The van der Waals surface area contributed by atoms with Crippen LogP contribution in [0.25, 0.3) is 32.3 Å². The molecule has 11 nitrogen and oxygen atoms in total. The fraction of sp³-hybridized carbons (Fsp3) is 0.273. The molecule has 0 saturated heterocycles. The van der Waals surface area contributed by atoms with Gasteiger partial charge in [-0.25, -0.2) is 5.43 Å². The molecule has 0 aliphatic heterocycles. The van der Waals surface area contributed by atoms with E-state index in [2.05, 4.69) is 59.1 Å². The van der Waals surface area contributed by atoms with Gasteiger partial charge in [0.2, 0.25) is 5.08 Å². The van der Waals surface area contributed by atoms with Crippen LogP contribution < -0.4 is 10.2 Å². The second kappa shape index (κ2) is 14.9. The highest BCUT2D eigenvalue weighted by atomic mass is 31.2. The van der Waals surface area contributed by atoms with Gasteiger partial charge in [0.1, 0.15) is 12.4 Å². The van der Waals surface area contributed by atoms with Gasteiger partial charge in [0, 0.05) is 19.5 Å². The van der Waals surface area contributed by atoms with Gasteiger partial charge >= 0.3 is 7.60 Å². The Hall–Kier alpha value is -3.50.